The van der Waals surface area contributed by atoms with E-state index in [1.165, 1.54) is 29.1 Å². The third kappa shape index (κ3) is 3.83. The lowest BCUT2D eigenvalue weighted by Crippen LogP contribution is -2.63. The van der Waals surface area contributed by atoms with E-state index in [1.54, 1.807) is 14.2 Å². The van der Waals surface area contributed by atoms with Crippen molar-refractivity contribution in [2.75, 3.05) is 40.4 Å². The highest BCUT2D eigenvalue weighted by molar-refractivity contribution is 8.00. The molecule has 2 spiro atoms. The van der Waals surface area contributed by atoms with Gasteiger partial charge in [0.05, 0.1) is 31.8 Å². The fraction of sp³-hybridized carbons (Fsp3) is 0.500. The molecule has 0 radical (unpaired) electrons. The van der Waals surface area contributed by atoms with Gasteiger partial charge in [0.2, 0.25) is 6.79 Å². The van der Waals surface area contributed by atoms with E-state index in [0.29, 0.717) is 23.3 Å². The molecule has 12 heteroatoms. The van der Waals surface area contributed by atoms with Crippen molar-refractivity contribution >= 4 is 28.6 Å². The molecule has 0 amide bonds. The van der Waals surface area contributed by atoms with Gasteiger partial charge in [0.15, 0.2) is 23.0 Å². The van der Waals surface area contributed by atoms with E-state index in [0.717, 1.165) is 76.4 Å². The summed E-state index contributed by atoms with van der Waals surface area (Å²) in [5.74, 6) is 4.09. The molecule has 8 heterocycles. The number of aryl methyl sites for hydroxylation is 1. The molecule has 12 rings (SSSR count). The van der Waals surface area contributed by atoms with E-state index in [4.69, 9.17) is 23.7 Å². The fourth-order valence-corrected chi connectivity index (χ4v) is 14.1. The lowest BCUT2D eigenvalue weighted by Gasteiger charge is -2.60. The van der Waals surface area contributed by atoms with Crippen LogP contribution in [0.1, 0.15) is 89.5 Å². The maximum absolute atomic E-state index is 13.0. The minimum atomic E-state index is -0.501. The summed E-state index contributed by atoms with van der Waals surface area (Å²) < 4.78 is 30.5. The van der Waals surface area contributed by atoms with Crippen LogP contribution in [0.25, 0.3) is 10.9 Å². The quantitative estimate of drug-likeness (QED) is 0.164. The number of carbonyl (C=O) groups excluding carboxylic acids is 1. The van der Waals surface area contributed by atoms with Crippen molar-refractivity contribution in [2.24, 2.45) is 0 Å². The highest BCUT2D eigenvalue weighted by atomic mass is 32.2. The number of fused-ring (bicyclic) bond motifs is 8. The summed E-state index contributed by atoms with van der Waals surface area (Å²) >= 11 is 1.99. The van der Waals surface area contributed by atoms with Crippen LogP contribution < -0.4 is 29.0 Å². The summed E-state index contributed by atoms with van der Waals surface area (Å²) in [6, 6.07) is 8.97. The summed E-state index contributed by atoms with van der Waals surface area (Å²) in [6.45, 7) is 8.81. The van der Waals surface area contributed by atoms with Crippen molar-refractivity contribution < 1.29 is 33.6 Å². The van der Waals surface area contributed by atoms with Crippen LogP contribution in [0.4, 0.5) is 0 Å². The second-order valence-corrected chi connectivity index (χ2v) is 17.7. The van der Waals surface area contributed by atoms with Crippen LogP contribution in [0.2, 0.25) is 0 Å². The predicted molar refractivity (Wildman–Crippen MR) is 204 cm³/mol. The van der Waals surface area contributed by atoms with Gasteiger partial charge < -0.3 is 39.1 Å². The number of aromatic amines is 1. The number of thioether (sulfide) groups is 1. The first-order valence-electron chi connectivity index (χ1n) is 19.1. The number of esters is 1. The van der Waals surface area contributed by atoms with Crippen LogP contribution >= 0.6 is 11.8 Å². The molecule has 3 fully saturated rings. The molecule has 7 aliphatic heterocycles. The number of nitrogens with zero attached hydrogens (tertiary/aromatic N) is 2. The summed E-state index contributed by atoms with van der Waals surface area (Å²) in [6.07, 6.45) is 2.67. The number of aromatic nitrogens is 1. The molecule has 3 N–H and O–H groups in total. The molecule has 2 bridgehead atoms. The van der Waals surface area contributed by atoms with Gasteiger partial charge in [-0.2, -0.15) is 11.8 Å². The molecular formula is C42H46N4O7S. The van der Waals surface area contributed by atoms with E-state index in [9.17, 15) is 9.90 Å². The van der Waals surface area contributed by atoms with E-state index in [-0.39, 0.29) is 47.9 Å². The molecule has 8 atom stereocenters. The second-order valence-electron chi connectivity index (χ2n) is 16.6. The number of hydrogen-bond donors (Lipinski definition) is 3. The molecule has 3 saturated heterocycles. The topological polar surface area (TPSA) is 118 Å². The molecule has 11 nitrogen and oxygen atoms in total. The van der Waals surface area contributed by atoms with Crippen molar-refractivity contribution in [3.63, 3.8) is 0 Å². The Bertz CT molecular complexity index is 2340. The third-order valence-electron chi connectivity index (χ3n) is 14.3. The Kier molecular flexibility index (Phi) is 6.79. The number of nitrogens with one attached hydrogen (secondary N) is 2. The maximum Gasteiger partial charge on any atom is 0.308 e. The van der Waals surface area contributed by atoms with Crippen LogP contribution in [-0.2, 0) is 22.2 Å². The number of carbonyl (C=O) groups is 1. The Morgan fingerprint density at radius 2 is 1.91 bits per heavy atom. The first kappa shape index (κ1) is 33.3. The number of likely N-dealkylation sites (N-methyl/N-ethyl adjacent to an activating group) is 1. The minimum absolute atomic E-state index is 0.00803. The Balaban J connectivity index is 1.20. The number of phenolic OH excluding ortho intramolecular Hbond substituents is 1. The predicted octanol–water partition coefficient (Wildman–Crippen LogP) is 6.20. The van der Waals surface area contributed by atoms with Crippen molar-refractivity contribution in [2.45, 2.75) is 93.4 Å². The van der Waals surface area contributed by atoms with Gasteiger partial charge in [0, 0.05) is 86.9 Å². The number of hydrogen-bond acceptors (Lipinski definition) is 11. The first-order chi connectivity index (χ1) is 26.0. The monoisotopic (exact) mass is 750 g/mol. The van der Waals surface area contributed by atoms with Crippen LogP contribution in [0.5, 0.6) is 34.5 Å². The SMILES string of the molecule is COc1ccc2[nH]c3c(c2c1)CCN[C@]31CS[C@H]2[C@H]3c4c(cc(C)c(OC)c4O)C4C[C@@H]([C@H](C)N3[C@@H]3c5c6c(c(C)c(OC(C)=O)c5[C@]23C1)OCO6)N4C. The van der Waals surface area contributed by atoms with Crippen molar-refractivity contribution in [3.05, 3.63) is 68.9 Å². The van der Waals surface area contributed by atoms with Crippen LogP contribution in [-0.4, -0.2) is 83.6 Å². The lowest BCUT2D eigenvalue weighted by atomic mass is 9.53. The van der Waals surface area contributed by atoms with Gasteiger partial charge in [-0.1, -0.05) is 6.07 Å². The van der Waals surface area contributed by atoms with Crippen molar-refractivity contribution in [1.29, 1.82) is 0 Å². The number of rotatable bonds is 3. The molecule has 4 aromatic rings. The lowest BCUT2D eigenvalue weighted by molar-refractivity contribution is -0.132. The zero-order valence-corrected chi connectivity index (χ0v) is 32.5. The maximum atomic E-state index is 13.0. The molecule has 0 saturated carbocycles. The Labute approximate surface area is 318 Å². The Hall–Kier alpha value is -4.10. The van der Waals surface area contributed by atoms with Gasteiger partial charge in [0.1, 0.15) is 11.5 Å². The van der Waals surface area contributed by atoms with Gasteiger partial charge in [-0.05, 0) is 82.0 Å². The van der Waals surface area contributed by atoms with Crippen LogP contribution in [0.15, 0.2) is 24.3 Å². The number of ether oxygens (including phenoxy) is 5. The zero-order chi connectivity index (χ0) is 37.2. The second kappa shape index (κ2) is 11.0. The van der Waals surface area contributed by atoms with Crippen molar-refractivity contribution in [1.82, 2.24) is 20.1 Å². The van der Waals surface area contributed by atoms with Gasteiger partial charge in [-0.25, -0.2) is 0 Å². The molecule has 8 aliphatic rings. The summed E-state index contributed by atoms with van der Waals surface area (Å²) in [5, 5.41) is 17.7. The normalized spacial score (nSPS) is 32.6. The largest absolute Gasteiger partial charge is 0.504 e. The Morgan fingerprint density at radius 3 is 2.67 bits per heavy atom. The van der Waals surface area contributed by atoms with Gasteiger partial charge in [-0.15, -0.1) is 0 Å². The number of aromatic hydroxyl groups is 1. The average molecular weight is 751 g/mol. The standard InChI is InChI=1S/C42H46N4O7S/c1-18-12-25-28-14-27(45(28)5)20(3)46-32(29(25)33(48)34(18)50-7)40-42(31-30(39(42)46)37-36(51-17-52-37)19(2)35(31)53-21(4)47)15-41(16-54-40)38-23(10-11-43-41)24-13-22(49-6)8-9-26(24)44-38/h8-9,12-13,20,27-28,32,39-40,43-44,48H,10-11,14-17H2,1-7H3/t20-,27-,28?,32+,39+,40-,41+,42-/m0/s1. The average Bonchev–Trinajstić information content (AvgIpc) is 3.84. The molecule has 54 heavy (non-hydrogen) atoms. The van der Waals surface area contributed by atoms with E-state index < -0.39 is 11.0 Å². The van der Waals surface area contributed by atoms with Crippen LogP contribution in [0.3, 0.4) is 0 Å². The molecular weight excluding hydrogens is 705 g/mol. The van der Waals surface area contributed by atoms with E-state index in [1.807, 2.05) is 31.7 Å². The highest BCUT2D eigenvalue weighted by Crippen LogP contribution is 2.79. The van der Waals surface area contributed by atoms with Gasteiger partial charge in [-0.3, -0.25) is 14.6 Å². The molecule has 1 aliphatic carbocycles. The minimum Gasteiger partial charge on any atom is -0.504 e. The molecule has 1 unspecified atom stereocenters. The van der Waals surface area contributed by atoms with Gasteiger partial charge >= 0.3 is 5.97 Å². The zero-order valence-electron chi connectivity index (χ0n) is 31.7. The first-order valence-corrected chi connectivity index (χ1v) is 20.2. The fourth-order valence-electron chi connectivity index (χ4n) is 12.2. The summed E-state index contributed by atoms with van der Waals surface area (Å²) in [4.78, 5) is 22.1. The van der Waals surface area contributed by atoms with E-state index >= 15 is 0 Å². The highest BCUT2D eigenvalue weighted by Gasteiger charge is 2.75. The summed E-state index contributed by atoms with van der Waals surface area (Å²) in [5.41, 5.74) is 8.72. The molecule has 1 aromatic heterocycles. The third-order valence-corrected chi connectivity index (χ3v) is 16.0. The van der Waals surface area contributed by atoms with Gasteiger partial charge in [0.25, 0.3) is 0 Å². The smallest absolute Gasteiger partial charge is 0.308 e. The number of phenols is 1. The van der Waals surface area contributed by atoms with E-state index in [2.05, 4.69) is 52.3 Å². The number of benzene rings is 3. The number of H-pyrrole nitrogens is 1. The van der Waals surface area contributed by atoms with Crippen molar-refractivity contribution in [3.8, 4) is 34.5 Å². The number of methoxy groups -OCH3 is 2. The summed E-state index contributed by atoms with van der Waals surface area (Å²) in [7, 11) is 5.59. The van der Waals surface area contributed by atoms with Crippen LogP contribution in [0, 0.1) is 13.8 Å². The molecule has 3 aromatic carbocycles. The molecule has 282 valence electrons. The Morgan fingerprint density at radius 1 is 1.09 bits per heavy atom.